The summed E-state index contributed by atoms with van der Waals surface area (Å²) in [6.45, 7) is 4.24. The van der Waals surface area contributed by atoms with Crippen LogP contribution in [0.4, 0.5) is 0 Å². The molecule has 0 saturated heterocycles. The van der Waals surface area contributed by atoms with Crippen LogP contribution in [0.3, 0.4) is 0 Å². The van der Waals surface area contributed by atoms with Crippen LogP contribution in [0.5, 0.6) is 0 Å². The topological polar surface area (TPSA) is 52.6 Å². The van der Waals surface area contributed by atoms with Crippen molar-refractivity contribution in [2.75, 3.05) is 14.2 Å². The zero-order valence-electron chi connectivity index (χ0n) is 11.8. The van der Waals surface area contributed by atoms with Crippen LogP contribution in [0.1, 0.15) is 46.0 Å². The van der Waals surface area contributed by atoms with Gasteiger partial charge in [-0.2, -0.15) is 0 Å². The van der Waals surface area contributed by atoms with Gasteiger partial charge in [0.25, 0.3) is 0 Å². The molecule has 0 N–H and O–H groups in total. The Hall–Kier alpha value is -1.06. The number of methoxy groups -OCH3 is 2. The third kappa shape index (κ3) is 2.52. The molecular formula is C14H24O4. The van der Waals surface area contributed by atoms with Crippen molar-refractivity contribution in [2.24, 2.45) is 17.3 Å². The Morgan fingerprint density at radius 1 is 1.06 bits per heavy atom. The molecule has 0 bridgehead atoms. The lowest BCUT2D eigenvalue weighted by Gasteiger charge is -2.23. The monoisotopic (exact) mass is 256 g/mol. The van der Waals surface area contributed by atoms with E-state index in [1.54, 1.807) is 0 Å². The van der Waals surface area contributed by atoms with Gasteiger partial charge in [-0.3, -0.25) is 9.59 Å². The van der Waals surface area contributed by atoms with E-state index in [0.29, 0.717) is 24.7 Å². The minimum Gasteiger partial charge on any atom is -0.468 e. The highest BCUT2D eigenvalue weighted by Gasteiger charge is 2.56. The smallest absolute Gasteiger partial charge is 0.323 e. The van der Waals surface area contributed by atoms with Gasteiger partial charge in [0.1, 0.15) is 0 Å². The van der Waals surface area contributed by atoms with Gasteiger partial charge in [-0.05, 0) is 24.7 Å². The highest BCUT2D eigenvalue weighted by molar-refractivity contribution is 6.00. The molecule has 1 saturated carbocycles. The van der Waals surface area contributed by atoms with Crippen LogP contribution in [0, 0.1) is 17.3 Å². The number of esters is 2. The van der Waals surface area contributed by atoms with Crippen LogP contribution in [0.15, 0.2) is 0 Å². The summed E-state index contributed by atoms with van der Waals surface area (Å²) in [6.07, 6.45) is 4.24. The van der Waals surface area contributed by atoms with Gasteiger partial charge in [-0.1, -0.05) is 33.1 Å². The van der Waals surface area contributed by atoms with Crippen molar-refractivity contribution in [1.29, 1.82) is 0 Å². The molecule has 1 aliphatic rings. The van der Waals surface area contributed by atoms with Crippen molar-refractivity contribution in [3.63, 3.8) is 0 Å². The van der Waals surface area contributed by atoms with Crippen molar-refractivity contribution < 1.29 is 19.1 Å². The lowest BCUT2D eigenvalue weighted by molar-refractivity contribution is -0.169. The van der Waals surface area contributed by atoms with E-state index in [2.05, 4.69) is 13.8 Å². The third-order valence-electron chi connectivity index (χ3n) is 4.22. The molecule has 0 aromatic carbocycles. The minimum atomic E-state index is -1.07. The fourth-order valence-electron chi connectivity index (χ4n) is 3.31. The molecule has 1 rings (SSSR count). The summed E-state index contributed by atoms with van der Waals surface area (Å²) in [6, 6.07) is 0. The van der Waals surface area contributed by atoms with E-state index >= 15 is 0 Å². The predicted octanol–water partition coefficient (Wildman–Crippen LogP) is 2.56. The number of rotatable bonds is 5. The summed E-state index contributed by atoms with van der Waals surface area (Å²) < 4.78 is 9.68. The Kier molecular flexibility index (Phi) is 5.17. The van der Waals surface area contributed by atoms with Crippen molar-refractivity contribution in [3.8, 4) is 0 Å². The molecule has 104 valence electrons. The summed E-state index contributed by atoms with van der Waals surface area (Å²) in [5, 5.41) is 0. The van der Waals surface area contributed by atoms with E-state index in [-0.39, 0.29) is 0 Å². The number of hydrogen-bond donors (Lipinski definition) is 0. The molecule has 0 spiro atoms. The largest absolute Gasteiger partial charge is 0.468 e. The predicted molar refractivity (Wildman–Crippen MR) is 67.9 cm³/mol. The fraction of sp³-hybridized carbons (Fsp3) is 0.857. The summed E-state index contributed by atoms with van der Waals surface area (Å²) in [5.41, 5.74) is -1.07. The second-order valence-corrected chi connectivity index (χ2v) is 5.19. The van der Waals surface area contributed by atoms with Gasteiger partial charge in [0.2, 0.25) is 0 Å². The molecule has 0 unspecified atom stereocenters. The summed E-state index contributed by atoms with van der Waals surface area (Å²) >= 11 is 0. The second-order valence-electron chi connectivity index (χ2n) is 5.19. The molecule has 1 fully saturated rings. The first-order chi connectivity index (χ1) is 8.55. The Morgan fingerprint density at radius 2 is 1.56 bits per heavy atom. The lowest BCUT2D eigenvalue weighted by atomic mass is 9.84. The first-order valence-electron chi connectivity index (χ1n) is 6.72. The average Bonchev–Trinajstić information content (AvgIpc) is 2.77. The highest BCUT2D eigenvalue weighted by atomic mass is 16.5. The highest BCUT2D eigenvalue weighted by Crippen LogP contribution is 2.50. The molecule has 2 atom stereocenters. The van der Waals surface area contributed by atoms with Crippen molar-refractivity contribution in [3.05, 3.63) is 0 Å². The number of carbonyl (C=O) groups excluding carboxylic acids is 2. The van der Waals surface area contributed by atoms with E-state index in [4.69, 9.17) is 9.47 Å². The Balaban J connectivity index is 3.00. The molecule has 0 aromatic heterocycles. The van der Waals surface area contributed by atoms with Crippen LogP contribution in [0.2, 0.25) is 0 Å². The molecule has 0 amide bonds. The summed E-state index contributed by atoms with van der Waals surface area (Å²) in [5.74, 6) is -0.0563. The van der Waals surface area contributed by atoms with Crippen LogP contribution >= 0.6 is 0 Å². The van der Waals surface area contributed by atoms with Crippen LogP contribution in [-0.2, 0) is 19.1 Å². The van der Waals surface area contributed by atoms with Crippen molar-refractivity contribution >= 4 is 11.9 Å². The minimum absolute atomic E-state index is 0.406. The van der Waals surface area contributed by atoms with E-state index in [9.17, 15) is 9.59 Å². The van der Waals surface area contributed by atoms with Gasteiger partial charge >= 0.3 is 11.9 Å². The molecule has 1 aliphatic carbocycles. The number of hydrogen-bond acceptors (Lipinski definition) is 4. The first kappa shape index (κ1) is 15.0. The zero-order valence-corrected chi connectivity index (χ0v) is 11.8. The van der Waals surface area contributed by atoms with E-state index < -0.39 is 17.4 Å². The molecule has 0 radical (unpaired) electrons. The van der Waals surface area contributed by atoms with Crippen molar-refractivity contribution in [2.45, 2.75) is 46.0 Å². The Bertz CT molecular complexity index is 295. The first-order valence-corrected chi connectivity index (χ1v) is 6.72. The van der Waals surface area contributed by atoms with E-state index in [1.165, 1.54) is 14.2 Å². The summed E-state index contributed by atoms with van der Waals surface area (Å²) in [7, 11) is 2.67. The van der Waals surface area contributed by atoms with E-state index in [1.807, 2.05) is 0 Å². The number of carbonyl (C=O) groups is 2. The van der Waals surface area contributed by atoms with Gasteiger partial charge in [-0.25, -0.2) is 0 Å². The maximum Gasteiger partial charge on any atom is 0.323 e. The van der Waals surface area contributed by atoms with Crippen LogP contribution in [0.25, 0.3) is 0 Å². The van der Waals surface area contributed by atoms with E-state index in [0.717, 1.165) is 19.3 Å². The maximum atomic E-state index is 12.0. The van der Waals surface area contributed by atoms with Gasteiger partial charge in [-0.15, -0.1) is 0 Å². The molecule has 4 heteroatoms. The van der Waals surface area contributed by atoms with Gasteiger partial charge < -0.3 is 9.47 Å². The molecule has 0 aliphatic heterocycles. The zero-order chi connectivity index (χ0) is 13.8. The molecule has 18 heavy (non-hydrogen) atoms. The lowest BCUT2D eigenvalue weighted by Crippen LogP contribution is -2.39. The normalized spacial score (nSPS) is 25.8. The number of ether oxygens (including phenoxy) is 2. The SMILES string of the molecule is CCC[C@H]1CC(C(=O)OC)(C(=O)OC)C[C@@H]1CC. The Morgan fingerprint density at radius 3 is 1.94 bits per heavy atom. The van der Waals surface area contributed by atoms with Gasteiger partial charge in [0.05, 0.1) is 14.2 Å². The second kappa shape index (κ2) is 6.21. The molecule has 4 nitrogen and oxygen atoms in total. The third-order valence-corrected chi connectivity index (χ3v) is 4.22. The van der Waals surface area contributed by atoms with Crippen LogP contribution < -0.4 is 0 Å². The molecular weight excluding hydrogens is 232 g/mol. The average molecular weight is 256 g/mol. The van der Waals surface area contributed by atoms with Gasteiger partial charge in [0, 0.05) is 0 Å². The van der Waals surface area contributed by atoms with Gasteiger partial charge in [0.15, 0.2) is 5.41 Å². The molecule has 0 heterocycles. The fourth-order valence-corrected chi connectivity index (χ4v) is 3.31. The Labute approximate surface area is 109 Å². The quantitative estimate of drug-likeness (QED) is 0.560. The standard InChI is InChI=1S/C14H24O4/c1-5-7-11-9-14(12(15)17-3,13(16)18-4)8-10(11)6-2/h10-11H,5-9H2,1-4H3/t10-,11-/m0/s1. The maximum absolute atomic E-state index is 12.0. The summed E-state index contributed by atoms with van der Waals surface area (Å²) in [4.78, 5) is 24.0. The molecule has 0 aromatic rings. The van der Waals surface area contributed by atoms with Crippen molar-refractivity contribution in [1.82, 2.24) is 0 Å². The van der Waals surface area contributed by atoms with Crippen LogP contribution in [-0.4, -0.2) is 26.2 Å².